The second-order valence-corrected chi connectivity index (χ2v) is 4.26. The smallest absolute Gasteiger partial charge is 0.143 e. The molecule has 0 spiro atoms. The highest BCUT2D eigenvalue weighted by Crippen LogP contribution is 2.18. The van der Waals surface area contributed by atoms with Crippen molar-refractivity contribution in [1.82, 2.24) is 0 Å². The molecule has 1 rings (SSSR count). The number of nitriles is 1. The van der Waals surface area contributed by atoms with E-state index in [0.717, 1.165) is 0 Å². The molecule has 0 aliphatic heterocycles. The summed E-state index contributed by atoms with van der Waals surface area (Å²) in [6, 6.07) is 6.25. The van der Waals surface area contributed by atoms with Crippen molar-refractivity contribution in [3.63, 3.8) is 0 Å². The van der Waals surface area contributed by atoms with Gasteiger partial charge in [-0.1, -0.05) is 6.07 Å². The lowest BCUT2D eigenvalue weighted by molar-refractivity contribution is 0.0749. The number of rotatable bonds is 4. The number of anilines is 1. The van der Waals surface area contributed by atoms with E-state index in [4.69, 9.17) is 5.26 Å². The summed E-state index contributed by atoms with van der Waals surface area (Å²) in [6.07, 6.45) is 0.522. The van der Waals surface area contributed by atoms with E-state index in [0.29, 0.717) is 18.7 Å². The fourth-order valence-electron chi connectivity index (χ4n) is 1.29. The molecule has 2 N–H and O–H groups in total. The zero-order chi connectivity index (χ0) is 12.2. The molecule has 3 nitrogen and oxygen atoms in total. The van der Waals surface area contributed by atoms with Crippen molar-refractivity contribution in [3.05, 3.63) is 29.6 Å². The van der Waals surface area contributed by atoms with Crippen LogP contribution in [0.2, 0.25) is 0 Å². The number of hydrogen-bond acceptors (Lipinski definition) is 3. The molecule has 0 amide bonds. The standard InChI is InChI=1S/C12H15FN2O/c1-12(2,16)6-7-15-11-5-3-4-10(13)9(11)8-14/h3-5,15-16H,6-7H2,1-2H3. The summed E-state index contributed by atoms with van der Waals surface area (Å²) in [4.78, 5) is 0. The SMILES string of the molecule is CC(C)(O)CCNc1cccc(F)c1C#N. The molecule has 0 heterocycles. The van der Waals surface area contributed by atoms with E-state index < -0.39 is 11.4 Å². The summed E-state index contributed by atoms with van der Waals surface area (Å²) in [5.41, 5.74) is -0.294. The Kier molecular flexibility index (Phi) is 3.86. The van der Waals surface area contributed by atoms with Crippen LogP contribution in [-0.4, -0.2) is 17.3 Å². The number of benzene rings is 1. The van der Waals surface area contributed by atoms with Gasteiger partial charge < -0.3 is 10.4 Å². The molecule has 0 aliphatic carbocycles. The van der Waals surface area contributed by atoms with E-state index in [9.17, 15) is 9.50 Å². The van der Waals surface area contributed by atoms with Gasteiger partial charge in [-0.05, 0) is 32.4 Å². The number of nitrogens with one attached hydrogen (secondary N) is 1. The Bertz CT molecular complexity index is 404. The summed E-state index contributed by atoms with van der Waals surface area (Å²) in [5.74, 6) is -0.532. The minimum atomic E-state index is -0.771. The van der Waals surface area contributed by atoms with E-state index >= 15 is 0 Å². The highest BCUT2D eigenvalue weighted by Gasteiger charge is 2.12. The van der Waals surface area contributed by atoms with Crippen LogP contribution in [0.15, 0.2) is 18.2 Å². The van der Waals surface area contributed by atoms with Crippen LogP contribution >= 0.6 is 0 Å². The third-order valence-electron chi connectivity index (χ3n) is 2.18. The highest BCUT2D eigenvalue weighted by atomic mass is 19.1. The zero-order valence-electron chi connectivity index (χ0n) is 9.42. The highest BCUT2D eigenvalue weighted by molar-refractivity contribution is 5.57. The summed E-state index contributed by atoms with van der Waals surface area (Å²) >= 11 is 0. The Morgan fingerprint density at radius 3 is 2.75 bits per heavy atom. The fourth-order valence-corrected chi connectivity index (χ4v) is 1.29. The molecule has 0 saturated carbocycles. The van der Waals surface area contributed by atoms with Gasteiger partial charge in [-0.15, -0.1) is 0 Å². The predicted molar refractivity (Wildman–Crippen MR) is 60.5 cm³/mol. The minimum Gasteiger partial charge on any atom is -0.390 e. The predicted octanol–water partition coefficient (Wildman–Crippen LogP) is 2.27. The first-order chi connectivity index (χ1) is 7.44. The van der Waals surface area contributed by atoms with Crippen LogP contribution in [0.25, 0.3) is 0 Å². The molecule has 0 radical (unpaired) electrons. The van der Waals surface area contributed by atoms with E-state index in [-0.39, 0.29) is 5.56 Å². The first-order valence-corrected chi connectivity index (χ1v) is 5.09. The molecule has 1 aromatic carbocycles. The van der Waals surface area contributed by atoms with Gasteiger partial charge in [-0.2, -0.15) is 5.26 Å². The summed E-state index contributed by atoms with van der Waals surface area (Å²) in [5, 5.41) is 21.2. The number of aliphatic hydroxyl groups is 1. The van der Waals surface area contributed by atoms with Gasteiger partial charge in [-0.3, -0.25) is 0 Å². The van der Waals surface area contributed by atoms with Gasteiger partial charge in [0.05, 0.1) is 11.3 Å². The van der Waals surface area contributed by atoms with Gasteiger partial charge in [0.1, 0.15) is 17.4 Å². The van der Waals surface area contributed by atoms with E-state index in [1.807, 2.05) is 6.07 Å². The van der Waals surface area contributed by atoms with Crippen LogP contribution in [0.3, 0.4) is 0 Å². The van der Waals surface area contributed by atoms with Crippen LogP contribution in [0.5, 0.6) is 0 Å². The molecule has 4 heteroatoms. The van der Waals surface area contributed by atoms with Crippen LogP contribution in [0, 0.1) is 17.1 Å². The van der Waals surface area contributed by atoms with E-state index in [1.54, 1.807) is 26.0 Å². The summed E-state index contributed by atoms with van der Waals surface area (Å²) in [6.45, 7) is 3.89. The van der Waals surface area contributed by atoms with Crippen molar-refractivity contribution >= 4 is 5.69 Å². The maximum Gasteiger partial charge on any atom is 0.143 e. The Labute approximate surface area is 94.5 Å². The van der Waals surface area contributed by atoms with Crippen LogP contribution in [-0.2, 0) is 0 Å². The molecule has 86 valence electrons. The molecule has 0 fully saturated rings. The van der Waals surface area contributed by atoms with Crippen LogP contribution in [0.4, 0.5) is 10.1 Å². The number of nitrogens with zero attached hydrogens (tertiary/aromatic N) is 1. The maximum atomic E-state index is 13.2. The van der Waals surface area contributed by atoms with Gasteiger partial charge in [0.25, 0.3) is 0 Å². The van der Waals surface area contributed by atoms with E-state index in [1.165, 1.54) is 6.07 Å². The van der Waals surface area contributed by atoms with Crippen molar-refractivity contribution in [1.29, 1.82) is 5.26 Å². The third kappa shape index (κ3) is 3.52. The Morgan fingerprint density at radius 2 is 2.19 bits per heavy atom. The molecule has 0 unspecified atom stereocenters. The van der Waals surface area contributed by atoms with Crippen molar-refractivity contribution in [3.8, 4) is 6.07 Å². The minimum absolute atomic E-state index is 0.0123. The Morgan fingerprint density at radius 1 is 1.50 bits per heavy atom. The average molecular weight is 222 g/mol. The number of halogens is 1. The van der Waals surface area contributed by atoms with Gasteiger partial charge in [-0.25, -0.2) is 4.39 Å². The molecular formula is C12H15FN2O. The van der Waals surface area contributed by atoms with Crippen molar-refractivity contribution in [2.24, 2.45) is 0 Å². The van der Waals surface area contributed by atoms with Crippen molar-refractivity contribution < 1.29 is 9.50 Å². The molecular weight excluding hydrogens is 207 g/mol. The lowest BCUT2D eigenvalue weighted by Gasteiger charge is -2.17. The molecule has 0 aliphatic rings. The summed E-state index contributed by atoms with van der Waals surface area (Å²) in [7, 11) is 0. The Hall–Kier alpha value is -1.60. The monoisotopic (exact) mass is 222 g/mol. The second-order valence-electron chi connectivity index (χ2n) is 4.26. The van der Waals surface area contributed by atoms with E-state index in [2.05, 4.69) is 5.32 Å². The molecule has 16 heavy (non-hydrogen) atoms. The second kappa shape index (κ2) is 4.95. The lowest BCUT2D eigenvalue weighted by Crippen LogP contribution is -2.22. The average Bonchev–Trinajstić information content (AvgIpc) is 2.16. The first-order valence-electron chi connectivity index (χ1n) is 5.09. The molecule has 1 aromatic rings. The molecule has 0 aromatic heterocycles. The summed E-state index contributed by atoms with van der Waals surface area (Å²) < 4.78 is 13.2. The first kappa shape index (κ1) is 12.5. The molecule has 0 saturated heterocycles. The zero-order valence-corrected chi connectivity index (χ0v) is 9.42. The Balaban J connectivity index is 2.68. The molecule has 0 atom stereocenters. The van der Waals surface area contributed by atoms with Gasteiger partial charge >= 0.3 is 0 Å². The van der Waals surface area contributed by atoms with Gasteiger partial charge in [0, 0.05) is 6.54 Å². The normalized spacial score (nSPS) is 10.9. The van der Waals surface area contributed by atoms with Crippen molar-refractivity contribution in [2.45, 2.75) is 25.9 Å². The third-order valence-corrected chi connectivity index (χ3v) is 2.18. The maximum absolute atomic E-state index is 13.2. The fraction of sp³-hybridized carbons (Fsp3) is 0.417. The van der Waals surface area contributed by atoms with Gasteiger partial charge in [0.2, 0.25) is 0 Å². The largest absolute Gasteiger partial charge is 0.390 e. The number of hydrogen-bond donors (Lipinski definition) is 2. The van der Waals surface area contributed by atoms with Gasteiger partial charge in [0.15, 0.2) is 0 Å². The van der Waals surface area contributed by atoms with Crippen LogP contribution < -0.4 is 5.32 Å². The lowest BCUT2D eigenvalue weighted by atomic mass is 10.1. The topological polar surface area (TPSA) is 56.0 Å². The quantitative estimate of drug-likeness (QED) is 0.821. The van der Waals surface area contributed by atoms with Crippen molar-refractivity contribution in [2.75, 3.05) is 11.9 Å². The molecule has 0 bridgehead atoms. The van der Waals surface area contributed by atoms with Crippen LogP contribution in [0.1, 0.15) is 25.8 Å².